The number of nitrogens with two attached hydrogens (primary N) is 1. The quantitative estimate of drug-likeness (QED) is 0.528. The minimum absolute atomic E-state index is 0. The van der Waals surface area contributed by atoms with Crippen molar-refractivity contribution in [2.24, 2.45) is 5.73 Å². The Morgan fingerprint density at radius 1 is 1.33 bits per heavy atom. The summed E-state index contributed by atoms with van der Waals surface area (Å²) < 4.78 is 0. The fraction of sp³-hybridized carbons (Fsp3) is 0.786. The second-order valence-corrected chi connectivity index (χ2v) is 2.48. The first-order chi connectivity index (χ1) is 8.35. The van der Waals surface area contributed by atoms with Crippen molar-refractivity contribution in [3.8, 4) is 0 Å². The lowest BCUT2D eigenvalue weighted by Gasteiger charge is -2.05. The third kappa shape index (κ3) is 36.2. The van der Waals surface area contributed by atoms with Gasteiger partial charge in [0.05, 0.1) is 0 Å². The highest BCUT2D eigenvalue weighted by Gasteiger charge is 2.11. The van der Waals surface area contributed by atoms with Crippen molar-refractivity contribution >= 4 is 6.47 Å². The van der Waals surface area contributed by atoms with Crippen molar-refractivity contribution in [3.05, 3.63) is 13.2 Å². The Hall–Kier alpha value is -0.870. The van der Waals surface area contributed by atoms with Crippen LogP contribution in [-0.4, -0.2) is 30.7 Å². The van der Waals surface area contributed by atoms with Gasteiger partial charge in [0.2, 0.25) is 0 Å². The van der Waals surface area contributed by atoms with E-state index in [1.807, 2.05) is 27.7 Å². The summed E-state index contributed by atoms with van der Waals surface area (Å²) >= 11 is 0. The minimum atomic E-state index is -0.250. The number of carbonyl (C=O) groups is 1. The smallest absolute Gasteiger partial charge is 0.290 e. The first-order valence-corrected chi connectivity index (χ1v) is 6.36. The molecule has 4 heteroatoms. The number of carboxylic acid groups (broad SMARTS) is 1. The Bertz CT molecular complexity index is 106. The van der Waals surface area contributed by atoms with E-state index in [4.69, 9.17) is 15.6 Å². The molecule has 1 aliphatic heterocycles. The van der Waals surface area contributed by atoms with Gasteiger partial charge in [0, 0.05) is 6.04 Å². The van der Waals surface area contributed by atoms with E-state index in [0.717, 1.165) is 19.0 Å². The summed E-state index contributed by atoms with van der Waals surface area (Å²) in [6, 6.07) is 0.736. The summed E-state index contributed by atoms with van der Waals surface area (Å²) in [6.07, 6.45) is 3.82. The Morgan fingerprint density at radius 2 is 1.72 bits per heavy atom. The second kappa shape index (κ2) is 44.3. The van der Waals surface area contributed by atoms with Crippen LogP contribution < -0.4 is 11.1 Å². The van der Waals surface area contributed by atoms with Crippen LogP contribution in [0.25, 0.3) is 0 Å². The van der Waals surface area contributed by atoms with Crippen molar-refractivity contribution in [2.45, 2.75) is 60.4 Å². The molecule has 1 fully saturated rings. The standard InChI is InChI=1S/C6H14N2.2C2H6.C2H4.CH2O2.CH4/c7-4-3-6-2-1-5-8-6;3*1-2;2-1-3;/h6,8H,1-5,7H2;2*1-2H3;1-2H2;1H,(H,2,3);1H4. The van der Waals surface area contributed by atoms with Gasteiger partial charge >= 0.3 is 0 Å². The Morgan fingerprint density at radius 3 is 1.94 bits per heavy atom. The van der Waals surface area contributed by atoms with Gasteiger partial charge in [0.1, 0.15) is 0 Å². The van der Waals surface area contributed by atoms with Crippen molar-refractivity contribution in [3.63, 3.8) is 0 Å². The zero-order chi connectivity index (χ0) is 14.5. The van der Waals surface area contributed by atoms with E-state index in [1.165, 1.54) is 19.4 Å². The van der Waals surface area contributed by atoms with Gasteiger partial charge in [-0.25, -0.2) is 0 Å². The number of hydrogen-bond acceptors (Lipinski definition) is 3. The van der Waals surface area contributed by atoms with E-state index < -0.39 is 0 Å². The van der Waals surface area contributed by atoms with Crippen molar-refractivity contribution < 1.29 is 9.90 Å². The maximum absolute atomic E-state index is 8.36. The van der Waals surface area contributed by atoms with Crippen molar-refractivity contribution in [2.75, 3.05) is 13.1 Å². The third-order valence-electron chi connectivity index (χ3n) is 1.68. The maximum Gasteiger partial charge on any atom is 0.290 e. The molecule has 1 atom stereocenters. The molecule has 0 aromatic heterocycles. The highest BCUT2D eigenvalue weighted by atomic mass is 16.3. The minimum Gasteiger partial charge on any atom is -0.483 e. The van der Waals surface area contributed by atoms with Gasteiger partial charge in [-0.2, -0.15) is 0 Å². The molecule has 0 aromatic rings. The molecule has 4 N–H and O–H groups in total. The topological polar surface area (TPSA) is 75.3 Å². The van der Waals surface area contributed by atoms with Crippen LogP contribution in [0.15, 0.2) is 13.2 Å². The Balaban J connectivity index is -0.0000000486. The molecule has 1 aliphatic rings. The molecule has 0 bridgehead atoms. The molecule has 1 saturated heterocycles. The van der Waals surface area contributed by atoms with E-state index in [0.29, 0.717) is 0 Å². The van der Waals surface area contributed by atoms with Crippen LogP contribution >= 0.6 is 0 Å². The van der Waals surface area contributed by atoms with Crippen LogP contribution in [0.5, 0.6) is 0 Å². The lowest BCUT2D eigenvalue weighted by Crippen LogP contribution is -2.24. The molecule has 1 rings (SSSR count). The number of rotatable bonds is 2. The average molecular weight is 264 g/mol. The van der Waals surface area contributed by atoms with Gasteiger partial charge in [-0.05, 0) is 32.4 Å². The Kier molecular flexibility index (Phi) is 74.5. The summed E-state index contributed by atoms with van der Waals surface area (Å²) in [5.74, 6) is 0. The summed E-state index contributed by atoms with van der Waals surface area (Å²) in [7, 11) is 0. The van der Waals surface area contributed by atoms with Gasteiger partial charge in [0.25, 0.3) is 6.47 Å². The molecule has 0 aromatic carbocycles. The van der Waals surface area contributed by atoms with Crippen LogP contribution in [0.4, 0.5) is 0 Å². The molecular formula is C14H36N2O2. The molecule has 0 radical (unpaired) electrons. The maximum atomic E-state index is 8.36. The summed E-state index contributed by atoms with van der Waals surface area (Å²) in [5.41, 5.74) is 5.37. The summed E-state index contributed by atoms with van der Waals surface area (Å²) in [6.45, 7) is 15.8. The lowest BCUT2D eigenvalue weighted by molar-refractivity contribution is -0.122. The molecule has 4 nitrogen and oxygen atoms in total. The third-order valence-corrected chi connectivity index (χ3v) is 1.68. The largest absolute Gasteiger partial charge is 0.483 e. The molecule has 1 heterocycles. The van der Waals surface area contributed by atoms with E-state index in [9.17, 15) is 0 Å². The second-order valence-electron chi connectivity index (χ2n) is 2.48. The zero-order valence-electron chi connectivity index (χ0n) is 12.0. The fourth-order valence-corrected chi connectivity index (χ4v) is 1.20. The van der Waals surface area contributed by atoms with E-state index in [2.05, 4.69) is 18.5 Å². The van der Waals surface area contributed by atoms with Gasteiger partial charge in [-0.15, -0.1) is 13.2 Å². The van der Waals surface area contributed by atoms with Gasteiger partial charge in [-0.3, -0.25) is 4.79 Å². The van der Waals surface area contributed by atoms with Crippen LogP contribution in [-0.2, 0) is 4.79 Å². The summed E-state index contributed by atoms with van der Waals surface area (Å²) in [5, 5.41) is 10.3. The molecule has 0 saturated carbocycles. The highest BCUT2D eigenvalue weighted by Crippen LogP contribution is 2.06. The molecule has 0 aliphatic carbocycles. The van der Waals surface area contributed by atoms with E-state index in [1.54, 1.807) is 0 Å². The average Bonchev–Trinajstić information content (AvgIpc) is 2.91. The number of hydrogen-bond donors (Lipinski definition) is 3. The van der Waals surface area contributed by atoms with Gasteiger partial charge in [-0.1, -0.05) is 35.1 Å². The van der Waals surface area contributed by atoms with Crippen LogP contribution in [0.3, 0.4) is 0 Å². The Labute approximate surface area is 115 Å². The van der Waals surface area contributed by atoms with Crippen LogP contribution in [0, 0.1) is 0 Å². The first-order valence-electron chi connectivity index (χ1n) is 6.36. The highest BCUT2D eigenvalue weighted by molar-refractivity contribution is 5.32. The molecule has 114 valence electrons. The molecule has 18 heavy (non-hydrogen) atoms. The molecule has 0 spiro atoms. The summed E-state index contributed by atoms with van der Waals surface area (Å²) in [4.78, 5) is 8.36. The molecule has 1 unspecified atom stereocenters. The predicted octanol–water partition coefficient (Wildman–Crippen LogP) is 3.28. The molecular weight excluding hydrogens is 228 g/mol. The predicted molar refractivity (Wildman–Crippen MR) is 84.1 cm³/mol. The van der Waals surface area contributed by atoms with Crippen molar-refractivity contribution in [1.29, 1.82) is 0 Å². The first kappa shape index (κ1) is 30.3. The van der Waals surface area contributed by atoms with Crippen molar-refractivity contribution in [1.82, 2.24) is 5.32 Å². The van der Waals surface area contributed by atoms with Gasteiger partial charge < -0.3 is 16.2 Å². The molecule has 0 amide bonds. The van der Waals surface area contributed by atoms with Crippen LogP contribution in [0.1, 0.15) is 54.4 Å². The fourth-order valence-electron chi connectivity index (χ4n) is 1.20. The van der Waals surface area contributed by atoms with E-state index >= 15 is 0 Å². The lowest BCUT2D eigenvalue weighted by atomic mass is 10.2. The van der Waals surface area contributed by atoms with Gasteiger partial charge in [0.15, 0.2) is 0 Å². The zero-order valence-corrected chi connectivity index (χ0v) is 12.0. The SMILES string of the molecule is C.C=C.CC.CC.NCCC1CCCN1.O=CO. The van der Waals surface area contributed by atoms with E-state index in [-0.39, 0.29) is 13.9 Å². The monoisotopic (exact) mass is 264 g/mol. The number of nitrogens with one attached hydrogen (secondary N) is 1. The van der Waals surface area contributed by atoms with Crippen LogP contribution in [0.2, 0.25) is 0 Å². The normalized spacial score (nSPS) is 14.4.